The molecule has 0 saturated carbocycles. The Labute approximate surface area is 137 Å². The van der Waals surface area contributed by atoms with Crippen LogP contribution in [0.2, 0.25) is 0 Å². The normalized spacial score (nSPS) is 11.9. The zero-order valence-corrected chi connectivity index (χ0v) is 13.7. The predicted octanol–water partition coefficient (Wildman–Crippen LogP) is 6.29. The summed E-state index contributed by atoms with van der Waals surface area (Å²) in [7, 11) is 0. The van der Waals surface area contributed by atoms with E-state index >= 15 is 0 Å². The molecule has 2 N–H and O–H groups in total. The van der Waals surface area contributed by atoms with Crippen molar-refractivity contribution in [1.29, 1.82) is 0 Å². The molecular weight excluding hydrogens is 278 g/mol. The second-order valence-electron chi connectivity index (χ2n) is 6.65. The summed E-state index contributed by atoms with van der Waals surface area (Å²) >= 11 is 0. The molecule has 0 aromatic heterocycles. The van der Waals surface area contributed by atoms with Gasteiger partial charge in [0, 0.05) is 5.69 Å². The Kier molecular flexibility index (Phi) is 3.57. The van der Waals surface area contributed by atoms with E-state index in [2.05, 4.69) is 55.5 Å². The molecule has 0 heterocycles. The predicted molar refractivity (Wildman–Crippen MR) is 102 cm³/mol. The molecule has 4 aromatic carbocycles. The molecule has 0 fully saturated rings. The van der Waals surface area contributed by atoms with Crippen molar-refractivity contribution in [3.05, 3.63) is 54.1 Å². The minimum atomic E-state index is 0.843. The number of nitrogen functional groups attached to an aromatic ring is 1. The maximum atomic E-state index is 6.06. The lowest BCUT2D eigenvalue weighted by atomic mass is 9.90. The highest BCUT2D eigenvalue weighted by atomic mass is 14.5. The molecule has 0 aliphatic heterocycles. The molecule has 0 saturated heterocycles. The molecule has 4 aromatic rings. The Morgan fingerprint density at radius 2 is 1.43 bits per heavy atom. The third-order valence-electron chi connectivity index (χ3n) is 5.01. The van der Waals surface area contributed by atoms with Crippen molar-refractivity contribution in [2.24, 2.45) is 0 Å². The summed E-state index contributed by atoms with van der Waals surface area (Å²) in [5, 5.41) is 8.03. The number of hydrogen-bond acceptors (Lipinski definition) is 1. The van der Waals surface area contributed by atoms with Gasteiger partial charge in [0.2, 0.25) is 0 Å². The molecule has 0 aliphatic carbocycles. The van der Waals surface area contributed by atoms with Crippen LogP contribution in [-0.2, 0) is 6.42 Å². The zero-order chi connectivity index (χ0) is 15.8. The minimum absolute atomic E-state index is 0.843. The third-order valence-corrected chi connectivity index (χ3v) is 5.01. The lowest BCUT2D eigenvalue weighted by molar-refractivity contribution is 0.668. The van der Waals surface area contributed by atoms with Gasteiger partial charge in [-0.05, 0) is 62.9 Å². The average Bonchev–Trinajstić information content (AvgIpc) is 2.56. The lowest BCUT2D eigenvalue weighted by Gasteiger charge is -2.14. The SMILES string of the molecule is CCCCCCc1ccc2ccc3cc(N)cc4ccc1c2c34. The molecule has 1 nitrogen and oxygen atoms in total. The van der Waals surface area contributed by atoms with E-state index in [1.807, 2.05) is 0 Å². The molecule has 0 bridgehead atoms. The third kappa shape index (κ3) is 2.41. The van der Waals surface area contributed by atoms with Crippen molar-refractivity contribution >= 4 is 38.0 Å². The van der Waals surface area contributed by atoms with Gasteiger partial charge in [0.15, 0.2) is 0 Å². The zero-order valence-electron chi connectivity index (χ0n) is 13.7. The van der Waals surface area contributed by atoms with Gasteiger partial charge in [0.1, 0.15) is 0 Å². The Hall–Kier alpha value is -2.28. The van der Waals surface area contributed by atoms with Gasteiger partial charge < -0.3 is 5.73 Å². The van der Waals surface area contributed by atoms with Gasteiger partial charge in [-0.15, -0.1) is 0 Å². The standard InChI is InChI=1S/C22H23N/c1-2-3-4-5-6-15-7-8-16-9-10-17-13-19(23)14-18-11-12-20(15)22(16)21(17)18/h7-14H,2-6,23H2,1H3. The van der Waals surface area contributed by atoms with E-state index < -0.39 is 0 Å². The van der Waals surface area contributed by atoms with E-state index in [1.54, 1.807) is 0 Å². The highest BCUT2D eigenvalue weighted by Gasteiger charge is 2.11. The molecule has 0 aliphatic rings. The van der Waals surface area contributed by atoms with Crippen LogP contribution in [0.4, 0.5) is 5.69 Å². The van der Waals surface area contributed by atoms with Gasteiger partial charge in [-0.3, -0.25) is 0 Å². The highest BCUT2D eigenvalue weighted by molar-refractivity contribution is 6.24. The van der Waals surface area contributed by atoms with Gasteiger partial charge in [0.05, 0.1) is 0 Å². The molecule has 0 radical (unpaired) electrons. The first kappa shape index (κ1) is 14.3. The summed E-state index contributed by atoms with van der Waals surface area (Å²) < 4.78 is 0. The first-order valence-electron chi connectivity index (χ1n) is 8.74. The largest absolute Gasteiger partial charge is 0.399 e. The maximum absolute atomic E-state index is 6.06. The minimum Gasteiger partial charge on any atom is -0.399 e. The summed E-state index contributed by atoms with van der Waals surface area (Å²) in [6, 6.07) is 17.7. The number of benzene rings is 4. The van der Waals surface area contributed by atoms with E-state index in [9.17, 15) is 0 Å². The lowest BCUT2D eigenvalue weighted by Crippen LogP contribution is -1.92. The van der Waals surface area contributed by atoms with Gasteiger partial charge in [-0.25, -0.2) is 0 Å². The first-order chi connectivity index (χ1) is 11.3. The van der Waals surface area contributed by atoms with E-state index in [-0.39, 0.29) is 0 Å². The van der Waals surface area contributed by atoms with Crippen LogP contribution in [0.3, 0.4) is 0 Å². The van der Waals surface area contributed by atoms with Crippen LogP contribution in [-0.4, -0.2) is 0 Å². The van der Waals surface area contributed by atoms with Crippen LogP contribution in [0.1, 0.15) is 38.2 Å². The second kappa shape index (κ2) is 5.73. The first-order valence-corrected chi connectivity index (χ1v) is 8.74. The fourth-order valence-electron chi connectivity index (χ4n) is 3.86. The Morgan fingerprint density at radius 3 is 2.22 bits per heavy atom. The van der Waals surface area contributed by atoms with E-state index in [4.69, 9.17) is 5.73 Å². The maximum Gasteiger partial charge on any atom is 0.0326 e. The molecule has 0 amide bonds. The molecule has 116 valence electrons. The molecule has 0 spiro atoms. The molecule has 0 atom stereocenters. The second-order valence-corrected chi connectivity index (χ2v) is 6.65. The number of hydrogen-bond donors (Lipinski definition) is 1. The van der Waals surface area contributed by atoms with Crippen LogP contribution in [0.5, 0.6) is 0 Å². The number of unbranched alkanes of at least 4 members (excludes halogenated alkanes) is 3. The van der Waals surface area contributed by atoms with Crippen molar-refractivity contribution in [3.8, 4) is 0 Å². The monoisotopic (exact) mass is 301 g/mol. The molecule has 0 unspecified atom stereocenters. The summed E-state index contributed by atoms with van der Waals surface area (Å²) in [4.78, 5) is 0. The fraction of sp³-hybridized carbons (Fsp3) is 0.273. The summed E-state index contributed by atoms with van der Waals surface area (Å²) in [6.45, 7) is 2.27. The summed E-state index contributed by atoms with van der Waals surface area (Å²) in [6.07, 6.45) is 6.42. The van der Waals surface area contributed by atoms with Crippen molar-refractivity contribution < 1.29 is 0 Å². The number of aryl methyl sites for hydroxylation is 1. The highest BCUT2D eigenvalue weighted by Crippen LogP contribution is 2.37. The van der Waals surface area contributed by atoms with Gasteiger partial charge in [-0.2, -0.15) is 0 Å². The van der Waals surface area contributed by atoms with Crippen LogP contribution in [0.25, 0.3) is 32.3 Å². The number of rotatable bonds is 5. The van der Waals surface area contributed by atoms with E-state index in [1.165, 1.54) is 70.0 Å². The quantitative estimate of drug-likeness (QED) is 0.262. The van der Waals surface area contributed by atoms with Crippen LogP contribution in [0, 0.1) is 0 Å². The van der Waals surface area contributed by atoms with E-state index in [0.717, 1.165) is 5.69 Å². The van der Waals surface area contributed by atoms with E-state index in [0.29, 0.717) is 0 Å². The Bertz CT molecular complexity index is 949. The number of nitrogens with two attached hydrogens (primary N) is 1. The molecule has 4 rings (SSSR count). The fourth-order valence-corrected chi connectivity index (χ4v) is 3.86. The Balaban J connectivity index is 1.90. The molecular formula is C22H23N. The molecule has 1 heteroatoms. The topological polar surface area (TPSA) is 26.0 Å². The summed E-state index contributed by atoms with van der Waals surface area (Å²) in [5.74, 6) is 0. The average molecular weight is 301 g/mol. The Morgan fingerprint density at radius 1 is 0.739 bits per heavy atom. The van der Waals surface area contributed by atoms with Gasteiger partial charge in [0.25, 0.3) is 0 Å². The van der Waals surface area contributed by atoms with Gasteiger partial charge >= 0.3 is 0 Å². The van der Waals surface area contributed by atoms with Crippen LogP contribution in [0.15, 0.2) is 48.5 Å². The van der Waals surface area contributed by atoms with Crippen molar-refractivity contribution in [1.82, 2.24) is 0 Å². The van der Waals surface area contributed by atoms with Crippen LogP contribution >= 0.6 is 0 Å². The molecule has 23 heavy (non-hydrogen) atoms. The van der Waals surface area contributed by atoms with Crippen molar-refractivity contribution in [2.75, 3.05) is 5.73 Å². The smallest absolute Gasteiger partial charge is 0.0326 e. The van der Waals surface area contributed by atoms with Gasteiger partial charge in [-0.1, -0.05) is 62.6 Å². The van der Waals surface area contributed by atoms with Crippen molar-refractivity contribution in [2.45, 2.75) is 39.0 Å². The van der Waals surface area contributed by atoms with Crippen molar-refractivity contribution in [3.63, 3.8) is 0 Å². The van der Waals surface area contributed by atoms with Crippen LogP contribution < -0.4 is 5.73 Å². The number of anilines is 1. The summed E-state index contributed by atoms with van der Waals surface area (Å²) in [5.41, 5.74) is 8.38.